The van der Waals surface area contributed by atoms with E-state index in [0.29, 0.717) is 30.2 Å². The van der Waals surface area contributed by atoms with E-state index >= 15 is 0 Å². The molecule has 6 nitrogen and oxygen atoms in total. The maximum Gasteiger partial charge on any atom is 0.426 e. The highest BCUT2D eigenvalue weighted by atomic mass is 35.5. The van der Waals surface area contributed by atoms with Crippen molar-refractivity contribution in [2.24, 2.45) is 0 Å². The molecule has 1 N–H and O–H groups in total. The van der Waals surface area contributed by atoms with Crippen molar-refractivity contribution in [3.8, 4) is 0 Å². The van der Waals surface area contributed by atoms with Crippen LogP contribution in [0.15, 0.2) is 18.2 Å². The lowest BCUT2D eigenvalue weighted by Crippen LogP contribution is -2.48. The first-order chi connectivity index (χ1) is 13.1. The zero-order valence-electron chi connectivity index (χ0n) is 18.5. The summed E-state index contributed by atoms with van der Waals surface area (Å²) < 4.78 is 29.0. The van der Waals surface area contributed by atoms with Crippen LogP contribution in [0.25, 0.3) is 0 Å². The Kier molecular flexibility index (Phi) is 11.8. The van der Waals surface area contributed by atoms with Gasteiger partial charge in [-0.3, -0.25) is 0 Å². The van der Waals surface area contributed by atoms with E-state index in [-0.39, 0.29) is 29.9 Å². The summed E-state index contributed by atoms with van der Waals surface area (Å²) in [5.74, 6) is -0.0176. The molecule has 1 rings (SSSR count). The SMILES string of the molecule is CCCCN(CCCC)S(=O)(=O)N(C(=O)O)c1c(C(C)C)cccc1C(C)C.Cl. The van der Waals surface area contributed by atoms with E-state index in [1.54, 1.807) is 0 Å². The summed E-state index contributed by atoms with van der Waals surface area (Å²) in [4.78, 5) is 12.3. The second-order valence-corrected chi connectivity index (χ2v) is 9.53. The van der Waals surface area contributed by atoms with E-state index in [9.17, 15) is 18.3 Å². The van der Waals surface area contributed by atoms with E-state index in [2.05, 4.69) is 0 Å². The van der Waals surface area contributed by atoms with Crippen LogP contribution in [-0.2, 0) is 10.2 Å². The molecule has 8 heteroatoms. The van der Waals surface area contributed by atoms with Crippen LogP contribution >= 0.6 is 12.4 Å². The van der Waals surface area contributed by atoms with Crippen LogP contribution in [0.1, 0.15) is 90.2 Å². The Morgan fingerprint density at radius 1 is 0.966 bits per heavy atom. The van der Waals surface area contributed by atoms with Gasteiger partial charge in [0, 0.05) is 13.1 Å². The topological polar surface area (TPSA) is 77.9 Å². The van der Waals surface area contributed by atoms with E-state index < -0.39 is 16.3 Å². The molecule has 0 aliphatic carbocycles. The Bertz CT molecular complexity index is 717. The van der Waals surface area contributed by atoms with Gasteiger partial charge in [-0.25, -0.2) is 4.79 Å². The first kappa shape index (κ1) is 27.7. The van der Waals surface area contributed by atoms with Gasteiger partial charge in [-0.2, -0.15) is 17.0 Å². The number of unbranched alkanes of at least 4 members (excludes halogenated alkanes) is 2. The maximum atomic E-state index is 13.5. The van der Waals surface area contributed by atoms with Crippen LogP contribution in [0.3, 0.4) is 0 Å². The highest BCUT2D eigenvalue weighted by Gasteiger charge is 2.37. The minimum absolute atomic E-state index is 0. The monoisotopic (exact) mass is 448 g/mol. The van der Waals surface area contributed by atoms with Crippen LogP contribution in [0, 0.1) is 0 Å². The van der Waals surface area contributed by atoms with Crippen molar-refractivity contribution in [3.05, 3.63) is 29.3 Å². The second kappa shape index (κ2) is 12.4. The largest absolute Gasteiger partial charge is 0.464 e. The third-order valence-electron chi connectivity index (χ3n) is 4.80. The van der Waals surface area contributed by atoms with Gasteiger partial charge in [0.15, 0.2) is 0 Å². The van der Waals surface area contributed by atoms with Crippen LogP contribution in [0.5, 0.6) is 0 Å². The van der Waals surface area contributed by atoms with Crippen molar-refractivity contribution < 1.29 is 18.3 Å². The fourth-order valence-electron chi connectivity index (χ4n) is 3.18. The molecule has 0 unspecified atom stereocenters. The molecule has 0 aliphatic rings. The molecule has 0 spiro atoms. The molecule has 0 saturated heterocycles. The number of nitrogens with zero attached hydrogens (tertiary/aromatic N) is 2. The molecule has 0 saturated carbocycles. The van der Waals surface area contributed by atoms with Crippen LogP contribution < -0.4 is 4.31 Å². The predicted molar refractivity (Wildman–Crippen MR) is 123 cm³/mol. The normalized spacial score (nSPS) is 11.8. The van der Waals surface area contributed by atoms with Gasteiger partial charge >= 0.3 is 16.3 Å². The highest BCUT2D eigenvalue weighted by molar-refractivity contribution is 7.91. The lowest BCUT2D eigenvalue weighted by molar-refractivity contribution is 0.205. The first-order valence-electron chi connectivity index (χ1n) is 10.3. The molecule has 1 aromatic rings. The van der Waals surface area contributed by atoms with Crippen LogP contribution in [-0.4, -0.2) is 37.0 Å². The Labute approximate surface area is 182 Å². The molecule has 29 heavy (non-hydrogen) atoms. The lowest BCUT2D eigenvalue weighted by atomic mass is 9.93. The molecule has 1 amide bonds. The second-order valence-electron chi connectivity index (χ2n) is 7.76. The molecular formula is C21H37ClN2O4S. The van der Waals surface area contributed by atoms with Gasteiger partial charge in [0.25, 0.3) is 0 Å². The van der Waals surface area contributed by atoms with Crippen LogP contribution in [0.4, 0.5) is 10.5 Å². The van der Waals surface area contributed by atoms with Crippen molar-refractivity contribution in [3.63, 3.8) is 0 Å². The van der Waals surface area contributed by atoms with Crippen molar-refractivity contribution in [2.75, 3.05) is 17.4 Å². The molecule has 0 radical (unpaired) electrons. The molecule has 0 atom stereocenters. The standard InChI is InChI=1S/C21H36N2O4S.ClH/c1-7-9-14-22(15-10-8-2)28(26,27)23(21(24)25)20-18(16(3)4)12-11-13-19(20)17(5)6;/h11-13,16-17H,7-10,14-15H2,1-6H3,(H,24,25);1H. The molecule has 0 aromatic heterocycles. The number of carbonyl (C=O) groups is 1. The first-order valence-corrected chi connectivity index (χ1v) is 11.6. The minimum atomic E-state index is -4.20. The number of amides is 1. The van der Waals surface area contributed by atoms with Crippen LogP contribution in [0.2, 0.25) is 0 Å². The molecular weight excluding hydrogens is 412 g/mol. The zero-order valence-corrected chi connectivity index (χ0v) is 20.1. The fraction of sp³-hybridized carbons (Fsp3) is 0.667. The molecule has 168 valence electrons. The van der Waals surface area contributed by atoms with Crippen molar-refractivity contribution >= 4 is 34.4 Å². The molecule has 1 aromatic carbocycles. The number of para-hydroxylation sites is 1. The Hall–Kier alpha value is -1.31. The molecule has 0 fully saturated rings. The highest BCUT2D eigenvalue weighted by Crippen LogP contribution is 2.37. The predicted octanol–water partition coefficient (Wildman–Crippen LogP) is 5.99. The van der Waals surface area contributed by atoms with E-state index in [0.717, 1.165) is 24.0 Å². The smallest absolute Gasteiger partial charge is 0.426 e. The van der Waals surface area contributed by atoms with Gasteiger partial charge in [-0.15, -0.1) is 12.4 Å². The lowest BCUT2D eigenvalue weighted by Gasteiger charge is -2.32. The van der Waals surface area contributed by atoms with Crippen molar-refractivity contribution in [2.45, 2.75) is 79.1 Å². The summed E-state index contributed by atoms with van der Waals surface area (Å²) in [7, 11) is -4.20. The molecule has 0 aliphatic heterocycles. The third-order valence-corrected chi connectivity index (χ3v) is 6.62. The Morgan fingerprint density at radius 2 is 1.38 bits per heavy atom. The molecule has 0 heterocycles. The quantitative estimate of drug-likeness (QED) is 0.451. The van der Waals surface area contributed by atoms with Gasteiger partial charge in [0.1, 0.15) is 0 Å². The van der Waals surface area contributed by atoms with Gasteiger partial charge in [-0.05, 0) is 35.8 Å². The maximum absolute atomic E-state index is 13.5. The van der Waals surface area contributed by atoms with Gasteiger partial charge in [0.05, 0.1) is 5.69 Å². The summed E-state index contributed by atoms with van der Waals surface area (Å²) in [6.07, 6.45) is 1.60. The van der Waals surface area contributed by atoms with E-state index in [4.69, 9.17) is 0 Å². The summed E-state index contributed by atoms with van der Waals surface area (Å²) in [5.41, 5.74) is 1.74. The average molecular weight is 449 g/mol. The summed E-state index contributed by atoms with van der Waals surface area (Å²) in [6.45, 7) is 12.4. The van der Waals surface area contributed by atoms with Crippen molar-refractivity contribution in [1.82, 2.24) is 4.31 Å². The number of rotatable bonds is 11. The zero-order chi connectivity index (χ0) is 21.5. The van der Waals surface area contributed by atoms with Crippen molar-refractivity contribution in [1.29, 1.82) is 0 Å². The summed E-state index contributed by atoms with van der Waals surface area (Å²) in [6, 6.07) is 5.51. The minimum Gasteiger partial charge on any atom is -0.464 e. The number of hydrogen-bond donors (Lipinski definition) is 1. The van der Waals surface area contributed by atoms with E-state index in [1.165, 1.54) is 4.31 Å². The summed E-state index contributed by atoms with van der Waals surface area (Å²) in [5, 5.41) is 9.99. The number of carboxylic acid groups (broad SMARTS) is 1. The number of halogens is 1. The fourth-order valence-corrected chi connectivity index (χ4v) is 4.77. The Balaban J connectivity index is 0.00000784. The average Bonchev–Trinajstić information content (AvgIpc) is 2.60. The van der Waals surface area contributed by atoms with Gasteiger partial charge in [0.2, 0.25) is 0 Å². The Morgan fingerprint density at radius 3 is 1.69 bits per heavy atom. The third kappa shape index (κ3) is 6.86. The van der Waals surface area contributed by atoms with Gasteiger partial charge < -0.3 is 5.11 Å². The molecule has 0 bridgehead atoms. The number of hydrogen-bond acceptors (Lipinski definition) is 3. The number of benzene rings is 1. The van der Waals surface area contributed by atoms with E-state index in [1.807, 2.05) is 59.7 Å². The summed E-state index contributed by atoms with van der Waals surface area (Å²) >= 11 is 0. The van der Waals surface area contributed by atoms with Gasteiger partial charge in [-0.1, -0.05) is 72.6 Å². The number of anilines is 1.